The van der Waals surface area contributed by atoms with Crippen LogP contribution in [-0.4, -0.2) is 77.0 Å². The van der Waals surface area contributed by atoms with Gasteiger partial charge in [-0.1, -0.05) is 0 Å². The molecule has 2 fully saturated rings. The summed E-state index contributed by atoms with van der Waals surface area (Å²) in [5.41, 5.74) is 2.17. The lowest BCUT2D eigenvalue weighted by Crippen LogP contribution is -2.36. The summed E-state index contributed by atoms with van der Waals surface area (Å²) in [5, 5.41) is 3.35. The molecule has 4 rings (SSSR count). The summed E-state index contributed by atoms with van der Waals surface area (Å²) < 4.78 is 0. The Labute approximate surface area is 184 Å². The lowest BCUT2D eigenvalue weighted by atomic mass is 9.89. The first-order valence-electron chi connectivity index (χ1n) is 11.1. The Balaban J connectivity index is 1.59. The highest BCUT2D eigenvalue weighted by Gasteiger charge is 2.27. The second-order valence-corrected chi connectivity index (χ2v) is 8.94. The second-order valence-electron chi connectivity index (χ2n) is 8.94. The van der Waals surface area contributed by atoms with Crippen molar-refractivity contribution >= 4 is 23.4 Å². The van der Waals surface area contributed by atoms with Crippen LogP contribution in [0.3, 0.4) is 0 Å². The molecule has 1 atom stereocenters. The Morgan fingerprint density at radius 3 is 2.45 bits per heavy atom. The Morgan fingerprint density at radius 1 is 1.06 bits per heavy atom. The number of anilines is 3. The SMILES string of the molecule is CC(=O)N1CCC(c2cc(Nc3cnc(C)cn3)nc(N3CC[C@H](N(C)C)C3)c2)CC1. The minimum Gasteiger partial charge on any atom is -0.355 e. The number of piperidine rings is 1. The number of likely N-dealkylation sites (tertiary alicyclic amines) is 1. The summed E-state index contributed by atoms with van der Waals surface area (Å²) in [7, 11) is 4.29. The lowest BCUT2D eigenvalue weighted by Gasteiger charge is -2.32. The largest absolute Gasteiger partial charge is 0.355 e. The second kappa shape index (κ2) is 9.18. The molecule has 8 heteroatoms. The molecule has 166 valence electrons. The molecule has 0 bridgehead atoms. The van der Waals surface area contributed by atoms with Gasteiger partial charge in [-0.3, -0.25) is 9.78 Å². The number of pyridine rings is 1. The average molecular weight is 424 g/mol. The molecule has 0 spiro atoms. The number of carbonyl (C=O) groups excluding carboxylic acids is 1. The molecule has 0 saturated carbocycles. The number of aromatic nitrogens is 3. The number of rotatable bonds is 5. The van der Waals surface area contributed by atoms with Crippen LogP contribution in [-0.2, 0) is 4.79 Å². The van der Waals surface area contributed by atoms with E-state index >= 15 is 0 Å². The minimum absolute atomic E-state index is 0.168. The molecule has 31 heavy (non-hydrogen) atoms. The molecular formula is C23H33N7O. The first kappa shape index (κ1) is 21.5. The highest BCUT2D eigenvalue weighted by molar-refractivity contribution is 5.73. The Hall–Kier alpha value is -2.74. The van der Waals surface area contributed by atoms with Gasteiger partial charge in [0, 0.05) is 39.1 Å². The molecule has 1 N–H and O–H groups in total. The third-order valence-corrected chi connectivity index (χ3v) is 6.50. The van der Waals surface area contributed by atoms with Crippen LogP contribution in [0, 0.1) is 6.92 Å². The lowest BCUT2D eigenvalue weighted by molar-refractivity contribution is -0.129. The maximum Gasteiger partial charge on any atom is 0.219 e. The van der Waals surface area contributed by atoms with Crippen molar-refractivity contribution in [3.8, 4) is 0 Å². The van der Waals surface area contributed by atoms with Gasteiger partial charge >= 0.3 is 0 Å². The number of likely N-dealkylation sites (N-methyl/N-ethyl adjacent to an activating group) is 1. The van der Waals surface area contributed by atoms with Gasteiger partial charge in [0.2, 0.25) is 5.91 Å². The maximum atomic E-state index is 11.7. The topological polar surface area (TPSA) is 77.5 Å². The zero-order valence-electron chi connectivity index (χ0n) is 19.0. The predicted octanol–water partition coefficient (Wildman–Crippen LogP) is 2.79. The summed E-state index contributed by atoms with van der Waals surface area (Å²) >= 11 is 0. The monoisotopic (exact) mass is 423 g/mol. The van der Waals surface area contributed by atoms with Crippen molar-refractivity contribution in [2.45, 2.75) is 45.1 Å². The molecule has 2 aromatic rings. The van der Waals surface area contributed by atoms with Crippen molar-refractivity contribution in [1.29, 1.82) is 0 Å². The van der Waals surface area contributed by atoms with E-state index in [4.69, 9.17) is 4.98 Å². The molecule has 0 aromatic carbocycles. The molecule has 8 nitrogen and oxygen atoms in total. The fraction of sp³-hybridized carbons (Fsp3) is 0.565. The fourth-order valence-corrected chi connectivity index (χ4v) is 4.49. The van der Waals surface area contributed by atoms with E-state index in [-0.39, 0.29) is 5.91 Å². The number of carbonyl (C=O) groups is 1. The summed E-state index contributed by atoms with van der Waals surface area (Å²) in [5.74, 6) is 3.10. The molecule has 2 aliphatic rings. The third-order valence-electron chi connectivity index (χ3n) is 6.50. The molecule has 1 amide bonds. The average Bonchev–Trinajstić information content (AvgIpc) is 3.26. The Bertz CT molecular complexity index is 907. The molecule has 2 aliphatic heterocycles. The van der Waals surface area contributed by atoms with Crippen LogP contribution < -0.4 is 10.2 Å². The van der Waals surface area contributed by atoms with Gasteiger partial charge in [0.05, 0.1) is 18.1 Å². The molecule has 2 aromatic heterocycles. The number of hydrogen-bond acceptors (Lipinski definition) is 7. The van der Waals surface area contributed by atoms with Crippen LogP contribution in [0.2, 0.25) is 0 Å². The predicted molar refractivity (Wildman–Crippen MR) is 123 cm³/mol. The summed E-state index contributed by atoms with van der Waals surface area (Å²) in [6, 6.07) is 4.93. The summed E-state index contributed by atoms with van der Waals surface area (Å²) in [6.07, 6.45) is 6.60. The van der Waals surface area contributed by atoms with Crippen LogP contribution in [0.15, 0.2) is 24.5 Å². The van der Waals surface area contributed by atoms with E-state index in [1.807, 2.05) is 11.8 Å². The standard InChI is InChI=1S/C23H33N7O/c1-16-13-25-22(14-24-16)26-21-11-19(18-5-8-29(9-6-18)17(2)31)12-23(27-21)30-10-7-20(15-30)28(3)4/h11-14,18,20H,5-10,15H2,1-4H3,(H,25,26,27)/t20-/m0/s1. The first-order valence-corrected chi connectivity index (χ1v) is 11.1. The number of amides is 1. The van der Waals surface area contributed by atoms with Gasteiger partial charge in [-0.2, -0.15) is 0 Å². The number of nitrogens with zero attached hydrogens (tertiary/aromatic N) is 6. The Morgan fingerprint density at radius 2 is 1.84 bits per heavy atom. The van der Waals surface area contributed by atoms with Crippen molar-refractivity contribution < 1.29 is 4.79 Å². The van der Waals surface area contributed by atoms with Crippen LogP contribution in [0.25, 0.3) is 0 Å². The quantitative estimate of drug-likeness (QED) is 0.792. The van der Waals surface area contributed by atoms with Gasteiger partial charge in [-0.05, 0) is 63.9 Å². The van der Waals surface area contributed by atoms with Gasteiger partial charge < -0.3 is 20.0 Å². The normalized spacial score (nSPS) is 19.8. The van der Waals surface area contributed by atoms with Gasteiger partial charge in [-0.15, -0.1) is 0 Å². The van der Waals surface area contributed by atoms with E-state index in [1.54, 1.807) is 19.3 Å². The molecule has 0 unspecified atom stereocenters. The van der Waals surface area contributed by atoms with Gasteiger partial charge in [0.15, 0.2) is 0 Å². The number of nitrogens with one attached hydrogen (secondary N) is 1. The van der Waals surface area contributed by atoms with Crippen LogP contribution in [0.5, 0.6) is 0 Å². The molecular weight excluding hydrogens is 390 g/mol. The smallest absolute Gasteiger partial charge is 0.219 e. The highest BCUT2D eigenvalue weighted by atomic mass is 16.2. The van der Waals surface area contributed by atoms with Crippen molar-refractivity contribution in [3.63, 3.8) is 0 Å². The highest BCUT2D eigenvalue weighted by Crippen LogP contribution is 2.33. The third kappa shape index (κ3) is 5.12. The van der Waals surface area contributed by atoms with E-state index in [2.05, 4.69) is 51.3 Å². The first-order chi connectivity index (χ1) is 14.9. The number of hydrogen-bond donors (Lipinski definition) is 1. The van der Waals surface area contributed by atoms with Crippen LogP contribution in [0.4, 0.5) is 17.5 Å². The van der Waals surface area contributed by atoms with E-state index in [0.29, 0.717) is 17.8 Å². The van der Waals surface area contributed by atoms with Gasteiger partial charge in [0.1, 0.15) is 17.5 Å². The van der Waals surface area contributed by atoms with E-state index < -0.39 is 0 Å². The van der Waals surface area contributed by atoms with Gasteiger partial charge in [0.25, 0.3) is 0 Å². The van der Waals surface area contributed by atoms with Crippen LogP contribution >= 0.6 is 0 Å². The van der Waals surface area contributed by atoms with E-state index in [0.717, 1.165) is 62.8 Å². The Kier molecular flexibility index (Phi) is 6.36. The van der Waals surface area contributed by atoms with Gasteiger partial charge in [-0.25, -0.2) is 9.97 Å². The van der Waals surface area contributed by atoms with Crippen molar-refractivity contribution in [2.24, 2.45) is 0 Å². The van der Waals surface area contributed by atoms with E-state index in [9.17, 15) is 4.79 Å². The zero-order valence-corrected chi connectivity index (χ0v) is 19.0. The minimum atomic E-state index is 0.168. The van der Waals surface area contributed by atoms with Crippen molar-refractivity contribution in [1.82, 2.24) is 24.8 Å². The number of aryl methyl sites for hydroxylation is 1. The van der Waals surface area contributed by atoms with E-state index in [1.165, 1.54) is 5.56 Å². The zero-order chi connectivity index (χ0) is 22.0. The van der Waals surface area contributed by atoms with Crippen LogP contribution in [0.1, 0.15) is 43.4 Å². The molecule has 2 saturated heterocycles. The fourth-order valence-electron chi connectivity index (χ4n) is 4.49. The van der Waals surface area contributed by atoms with Crippen molar-refractivity contribution in [3.05, 3.63) is 35.8 Å². The summed E-state index contributed by atoms with van der Waals surface area (Å²) in [6.45, 7) is 7.20. The van der Waals surface area contributed by atoms with Crippen molar-refractivity contribution in [2.75, 3.05) is 50.5 Å². The molecule has 0 radical (unpaired) electrons. The molecule has 4 heterocycles. The summed E-state index contributed by atoms with van der Waals surface area (Å²) in [4.78, 5) is 32.0. The maximum absolute atomic E-state index is 11.7. The molecule has 0 aliphatic carbocycles.